The molecule has 0 bridgehead atoms. The number of hydrogen-bond acceptors (Lipinski definition) is 6. The zero-order valence-corrected chi connectivity index (χ0v) is 19.2. The molecule has 2 aromatic carbocycles. The van der Waals surface area contributed by atoms with Gasteiger partial charge in [-0.2, -0.15) is 0 Å². The highest BCUT2D eigenvalue weighted by molar-refractivity contribution is 6.39. The third-order valence-corrected chi connectivity index (χ3v) is 6.03. The Hall–Kier alpha value is -2.02. The number of ether oxygens (including phenoxy) is 4. The van der Waals surface area contributed by atoms with Crippen molar-refractivity contribution in [2.45, 2.75) is 39.2 Å². The van der Waals surface area contributed by atoms with Gasteiger partial charge < -0.3 is 24.1 Å². The van der Waals surface area contributed by atoms with Crippen LogP contribution in [0.2, 0.25) is 15.1 Å². The lowest BCUT2D eigenvalue weighted by Gasteiger charge is -2.20. The summed E-state index contributed by atoms with van der Waals surface area (Å²) in [5.74, 6) is -0.0664. The average Bonchev–Trinajstić information content (AvgIpc) is 3.08. The van der Waals surface area contributed by atoms with Crippen molar-refractivity contribution >= 4 is 40.8 Å². The number of rotatable bonds is 7. The second-order valence-electron chi connectivity index (χ2n) is 6.65. The van der Waals surface area contributed by atoms with Crippen molar-refractivity contribution in [3.63, 3.8) is 0 Å². The van der Waals surface area contributed by atoms with Crippen LogP contribution < -0.4 is 14.2 Å². The molecule has 0 unspecified atom stereocenters. The molecule has 1 N–H and O–H groups in total. The van der Waals surface area contributed by atoms with Gasteiger partial charge in [0.2, 0.25) is 0 Å². The van der Waals surface area contributed by atoms with Crippen molar-refractivity contribution in [1.29, 1.82) is 0 Å². The molecule has 0 spiro atoms. The predicted octanol–water partition coefficient (Wildman–Crippen LogP) is 6.74. The van der Waals surface area contributed by atoms with E-state index in [0.29, 0.717) is 40.5 Å². The molecule has 6 nitrogen and oxygen atoms in total. The molecule has 0 fully saturated rings. The lowest BCUT2D eigenvalue weighted by atomic mass is 10.0. The molecule has 30 heavy (non-hydrogen) atoms. The summed E-state index contributed by atoms with van der Waals surface area (Å²) in [5, 5.41) is 10.6. The standard InChI is InChI=1S/C21H21Cl3O6/c1-5-7-9-15(22)11(27-3)8-12(28-4)19(9)30-20-14-13(10(6-2)29-21(14)26)16(23)18(25)17(20)24/h8,10,25H,5-7H2,1-4H3/t10-/m1/s1. The molecule has 1 heterocycles. The molecule has 162 valence electrons. The van der Waals surface area contributed by atoms with Gasteiger partial charge in [-0.05, 0) is 12.8 Å². The van der Waals surface area contributed by atoms with Crippen LogP contribution in [0.5, 0.6) is 28.7 Å². The van der Waals surface area contributed by atoms with Crippen LogP contribution in [-0.4, -0.2) is 25.3 Å². The van der Waals surface area contributed by atoms with E-state index in [1.807, 2.05) is 13.8 Å². The summed E-state index contributed by atoms with van der Waals surface area (Å²) in [6, 6.07) is 1.58. The number of carbonyl (C=O) groups excluding carboxylic acids is 1. The number of benzene rings is 2. The van der Waals surface area contributed by atoms with E-state index in [2.05, 4.69) is 0 Å². The van der Waals surface area contributed by atoms with Gasteiger partial charge in [0.25, 0.3) is 0 Å². The molecule has 3 rings (SSSR count). The molecule has 0 radical (unpaired) electrons. The number of halogens is 3. The first-order valence-corrected chi connectivity index (χ1v) is 10.5. The zero-order valence-electron chi connectivity index (χ0n) is 16.9. The molecule has 2 aromatic rings. The van der Waals surface area contributed by atoms with E-state index in [1.54, 1.807) is 6.07 Å². The highest BCUT2D eigenvalue weighted by Crippen LogP contribution is 2.54. The van der Waals surface area contributed by atoms with Crippen LogP contribution in [0.4, 0.5) is 0 Å². The molecule has 1 aliphatic rings. The second-order valence-corrected chi connectivity index (χ2v) is 7.79. The Kier molecular flexibility index (Phi) is 6.80. The number of phenolic OH excluding ortho intramolecular Hbond substituents is 1. The van der Waals surface area contributed by atoms with Gasteiger partial charge in [-0.3, -0.25) is 0 Å². The SMILES string of the molecule is CCCc1c(Cl)c(OC)cc(OC)c1Oc1c(Cl)c(O)c(Cl)c2c1C(=O)O[C@@H]2CC. The van der Waals surface area contributed by atoms with Crippen molar-refractivity contribution in [2.24, 2.45) is 0 Å². The van der Waals surface area contributed by atoms with E-state index < -0.39 is 12.1 Å². The Labute approximate surface area is 189 Å². The number of phenols is 1. The number of fused-ring (bicyclic) bond motifs is 1. The van der Waals surface area contributed by atoms with Crippen LogP contribution in [0, 0.1) is 0 Å². The Balaban J connectivity index is 2.28. The summed E-state index contributed by atoms with van der Waals surface area (Å²) < 4.78 is 22.3. The first-order chi connectivity index (χ1) is 14.3. The number of methoxy groups -OCH3 is 2. The molecule has 0 aromatic heterocycles. The fourth-order valence-electron chi connectivity index (χ4n) is 3.44. The zero-order chi connectivity index (χ0) is 22.2. The third-order valence-electron chi connectivity index (χ3n) is 4.88. The lowest BCUT2D eigenvalue weighted by Crippen LogP contribution is -2.04. The van der Waals surface area contributed by atoms with Gasteiger partial charge >= 0.3 is 5.97 Å². The van der Waals surface area contributed by atoms with E-state index >= 15 is 0 Å². The van der Waals surface area contributed by atoms with Crippen molar-refractivity contribution in [3.8, 4) is 28.7 Å². The van der Waals surface area contributed by atoms with E-state index in [4.69, 9.17) is 53.8 Å². The molecule has 0 saturated carbocycles. The van der Waals surface area contributed by atoms with E-state index in [-0.39, 0.29) is 32.9 Å². The topological polar surface area (TPSA) is 74.2 Å². The van der Waals surface area contributed by atoms with Crippen LogP contribution in [-0.2, 0) is 11.2 Å². The minimum atomic E-state index is -0.633. The van der Waals surface area contributed by atoms with Gasteiger partial charge in [0, 0.05) is 17.2 Å². The van der Waals surface area contributed by atoms with Gasteiger partial charge in [0.1, 0.15) is 22.4 Å². The third kappa shape index (κ3) is 3.61. The van der Waals surface area contributed by atoms with Gasteiger partial charge in [-0.15, -0.1) is 0 Å². The summed E-state index contributed by atoms with van der Waals surface area (Å²) in [4.78, 5) is 12.6. The minimum Gasteiger partial charge on any atom is -0.505 e. The summed E-state index contributed by atoms with van der Waals surface area (Å²) in [7, 11) is 2.97. The largest absolute Gasteiger partial charge is 0.505 e. The molecule has 0 saturated heterocycles. The summed E-state index contributed by atoms with van der Waals surface area (Å²) >= 11 is 19.1. The quantitative estimate of drug-likeness (QED) is 0.447. The highest BCUT2D eigenvalue weighted by atomic mass is 35.5. The van der Waals surface area contributed by atoms with Crippen LogP contribution in [0.1, 0.15) is 54.3 Å². The molecular weight excluding hydrogens is 455 g/mol. The summed E-state index contributed by atoms with van der Waals surface area (Å²) in [5.41, 5.74) is 1.04. The maximum Gasteiger partial charge on any atom is 0.343 e. The van der Waals surface area contributed by atoms with E-state index in [9.17, 15) is 9.90 Å². The van der Waals surface area contributed by atoms with Gasteiger partial charge in [-0.1, -0.05) is 55.1 Å². The van der Waals surface area contributed by atoms with E-state index in [0.717, 1.165) is 6.42 Å². The van der Waals surface area contributed by atoms with Crippen molar-refractivity contribution in [1.82, 2.24) is 0 Å². The van der Waals surface area contributed by atoms with Crippen LogP contribution in [0.25, 0.3) is 0 Å². The maximum absolute atomic E-state index is 12.6. The van der Waals surface area contributed by atoms with Crippen LogP contribution >= 0.6 is 34.8 Å². The van der Waals surface area contributed by atoms with Crippen molar-refractivity contribution in [2.75, 3.05) is 14.2 Å². The van der Waals surface area contributed by atoms with Crippen LogP contribution in [0.3, 0.4) is 0 Å². The predicted molar refractivity (Wildman–Crippen MR) is 115 cm³/mol. The molecule has 9 heteroatoms. The maximum atomic E-state index is 12.6. The molecule has 1 aliphatic heterocycles. The fourth-order valence-corrected chi connectivity index (χ4v) is 4.34. The summed E-state index contributed by atoms with van der Waals surface area (Å²) in [6.45, 7) is 3.81. The first kappa shape index (κ1) is 22.7. The van der Waals surface area contributed by atoms with Crippen molar-refractivity contribution < 1.29 is 28.8 Å². The fraction of sp³-hybridized carbons (Fsp3) is 0.381. The minimum absolute atomic E-state index is 0.0337. The van der Waals surface area contributed by atoms with Gasteiger partial charge in [-0.25, -0.2) is 4.79 Å². The Morgan fingerprint density at radius 3 is 2.27 bits per heavy atom. The van der Waals surface area contributed by atoms with Gasteiger partial charge in [0.15, 0.2) is 23.0 Å². The number of hydrogen-bond donors (Lipinski definition) is 1. The van der Waals surface area contributed by atoms with E-state index in [1.165, 1.54) is 14.2 Å². The number of cyclic esters (lactones) is 1. The molecule has 1 atom stereocenters. The lowest BCUT2D eigenvalue weighted by molar-refractivity contribution is 0.0377. The molecular formula is C21H21Cl3O6. The monoisotopic (exact) mass is 474 g/mol. The molecule has 0 amide bonds. The normalized spacial score (nSPS) is 15.0. The van der Waals surface area contributed by atoms with Crippen LogP contribution in [0.15, 0.2) is 6.07 Å². The number of carbonyl (C=O) groups is 1. The average molecular weight is 476 g/mol. The number of aromatic hydroxyl groups is 1. The Morgan fingerprint density at radius 2 is 1.70 bits per heavy atom. The number of esters is 1. The Morgan fingerprint density at radius 1 is 1.03 bits per heavy atom. The van der Waals surface area contributed by atoms with Crippen molar-refractivity contribution in [3.05, 3.63) is 37.8 Å². The van der Waals surface area contributed by atoms with Gasteiger partial charge in [0.05, 0.1) is 24.3 Å². The second kappa shape index (κ2) is 9.00. The highest BCUT2D eigenvalue weighted by Gasteiger charge is 2.40. The Bertz CT molecular complexity index is 1010. The smallest absolute Gasteiger partial charge is 0.343 e. The first-order valence-electron chi connectivity index (χ1n) is 9.36. The molecule has 0 aliphatic carbocycles. The summed E-state index contributed by atoms with van der Waals surface area (Å²) in [6.07, 6.45) is 1.16.